The van der Waals surface area contributed by atoms with Crippen molar-refractivity contribution >= 4 is 33.1 Å². The molecule has 1 heterocycles. The number of aryl methyl sites for hydroxylation is 1. The number of hydrogen-bond acceptors (Lipinski definition) is 6. The van der Waals surface area contributed by atoms with Crippen LogP contribution in [0.15, 0.2) is 29.3 Å². The second kappa shape index (κ2) is 6.59. The first-order chi connectivity index (χ1) is 10.7. The van der Waals surface area contributed by atoms with Crippen LogP contribution in [0.5, 0.6) is 6.01 Å². The number of ether oxygens (including phenoxy) is 1. The molecule has 1 aromatic carbocycles. The van der Waals surface area contributed by atoms with E-state index in [2.05, 4.69) is 14.7 Å². The summed E-state index contributed by atoms with van der Waals surface area (Å²) in [5.41, 5.74) is 1.04. The molecule has 9 heteroatoms. The molecule has 7 nitrogen and oxygen atoms in total. The highest BCUT2D eigenvalue weighted by molar-refractivity contribution is 7.92. The highest BCUT2D eigenvalue weighted by atomic mass is 35.5. The second-order valence-electron chi connectivity index (χ2n) is 5.00. The van der Waals surface area contributed by atoms with E-state index in [0.29, 0.717) is 10.8 Å². The fourth-order valence-corrected chi connectivity index (χ4v) is 3.13. The molecule has 0 atom stereocenters. The molecule has 0 radical (unpaired) electrons. The van der Waals surface area contributed by atoms with Crippen LogP contribution in [0.2, 0.25) is 5.02 Å². The molecule has 0 bridgehead atoms. The van der Waals surface area contributed by atoms with Crippen molar-refractivity contribution in [3.05, 3.63) is 35.0 Å². The normalized spacial score (nSPS) is 11.2. The van der Waals surface area contributed by atoms with Crippen molar-refractivity contribution in [2.24, 2.45) is 0 Å². The van der Waals surface area contributed by atoms with Gasteiger partial charge in [0.25, 0.3) is 10.0 Å². The minimum absolute atomic E-state index is 0.0635. The number of anilines is 2. The molecule has 124 valence electrons. The summed E-state index contributed by atoms with van der Waals surface area (Å²) in [6.07, 6.45) is 1.36. The average molecular weight is 357 g/mol. The number of sulfonamides is 1. The molecule has 1 aromatic heterocycles. The molecule has 2 aromatic rings. The van der Waals surface area contributed by atoms with Crippen LogP contribution in [0.1, 0.15) is 5.56 Å². The van der Waals surface area contributed by atoms with E-state index in [1.807, 2.05) is 0 Å². The molecule has 0 amide bonds. The maximum absolute atomic E-state index is 12.5. The molecular formula is C14H17ClN4O3S. The van der Waals surface area contributed by atoms with E-state index in [9.17, 15) is 8.42 Å². The van der Waals surface area contributed by atoms with E-state index in [0.717, 1.165) is 5.56 Å². The van der Waals surface area contributed by atoms with Crippen molar-refractivity contribution in [3.8, 4) is 6.01 Å². The third-order valence-electron chi connectivity index (χ3n) is 3.05. The Bertz CT molecular complexity index is 825. The Morgan fingerprint density at radius 1 is 1.30 bits per heavy atom. The average Bonchev–Trinajstić information content (AvgIpc) is 2.49. The van der Waals surface area contributed by atoms with Crippen LogP contribution in [0.3, 0.4) is 0 Å². The molecule has 0 aliphatic rings. The van der Waals surface area contributed by atoms with Crippen LogP contribution in [-0.4, -0.2) is 39.6 Å². The van der Waals surface area contributed by atoms with Gasteiger partial charge in [-0.2, -0.15) is 4.98 Å². The van der Waals surface area contributed by atoms with Crippen molar-refractivity contribution in [2.45, 2.75) is 11.8 Å². The molecule has 0 saturated carbocycles. The quantitative estimate of drug-likeness (QED) is 0.885. The molecule has 23 heavy (non-hydrogen) atoms. The Balaban J connectivity index is 2.42. The number of benzene rings is 1. The lowest BCUT2D eigenvalue weighted by Gasteiger charge is -2.17. The van der Waals surface area contributed by atoms with Gasteiger partial charge in [-0.1, -0.05) is 17.7 Å². The summed E-state index contributed by atoms with van der Waals surface area (Å²) in [5, 5.41) is 0.381. The second-order valence-corrected chi connectivity index (χ2v) is 7.09. The molecule has 0 fully saturated rings. The van der Waals surface area contributed by atoms with Crippen molar-refractivity contribution in [1.82, 2.24) is 9.97 Å². The van der Waals surface area contributed by atoms with E-state index in [4.69, 9.17) is 16.3 Å². The Morgan fingerprint density at radius 3 is 2.57 bits per heavy atom. The third-order valence-corrected chi connectivity index (χ3v) is 4.82. The smallest absolute Gasteiger partial charge is 0.318 e. The predicted octanol–water partition coefficient (Wildman–Crippen LogP) is 2.31. The van der Waals surface area contributed by atoms with Gasteiger partial charge in [-0.25, -0.2) is 13.4 Å². The van der Waals surface area contributed by atoms with Crippen LogP contribution in [-0.2, 0) is 10.0 Å². The van der Waals surface area contributed by atoms with Gasteiger partial charge in [-0.05, 0) is 24.6 Å². The largest absolute Gasteiger partial charge is 0.467 e. The fourth-order valence-electron chi connectivity index (χ4n) is 1.81. The van der Waals surface area contributed by atoms with Crippen LogP contribution in [0.4, 0.5) is 11.5 Å². The number of methoxy groups -OCH3 is 1. The van der Waals surface area contributed by atoms with Crippen molar-refractivity contribution < 1.29 is 13.2 Å². The highest BCUT2D eigenvalue weighted by Crippen LogP contribution is 2.27. The summed E-state index contributed by atoms with van der Waals surface area (Å²) < 4.78 is 32.5. The molecule has 0 aliphatic heterocycles. The van der Waals surface area contributed by atoms with Gasteiger partial charge >= 0.3 is 6.01 Å². The summed E-state index contributed by atoms with van der Waals surface area (Å²) in [6, 6.07) is 4.69. The number of hydrogen-bond donors (Lipinski definition) is 1. The molecule has 0 saturated heterocycles. The van der Waals surface area contributed by atoms with E-state index in [1.165, 1.54) is 25.4 Å². The Labute approximate surface area is 140 Å². The molecule has 0 aliphatic carbocycles. The maximum atomic E-state index is 12.5. The Kier molecular flexibility index (Phi) is 4.96. The Morgan fingerprint density at radius 2 is 2.00 bits per heavy atom. The van der Waals surface area contributed by atoms with Gasteiger partial charge in [0.2, 0.25) is 0 Å². The standard InChI is InChI=1S/C14H17ClN4O3S/c1-9-5-6-10(7-11(9)15)23(20,21)18-12-8-16-14(22-4)17-13(12)19(2)3/h5-8,18H,1-4H3. The zero-order valence-corrected chi connectivity index (χ0v) is 14.7. The number of nitrogens with one attached hydrogen (secondary N) is 1. The van der Waals surface area contributed by atoms with Crippen molar-refractivity contribution in [1.29, 1.82) is 0 Å². The zero-order valence-electron chi connectivity index (χ0n) is 13.2. The summed E-state index contributed by atoms with van der Waals surface area (Å²) >= 11 is 6.00. The lowest BCUT2D eigenvalue weighted by Crippen LogP contribution is -2.19. The molecule has 1 N–H and O–H groups in total. The number of rotatable bonds is 5. The summed E-state index contributed by atoms with van der Waals surface area (Å²) in [4.78, 5) is 9.80. The predicted molar refractivity (Wildman–Crippen MR) is 89.9 cm³/mol. The first-order valence-corrected chi connectivity index (χ1v) is 8.48. The number of aromatic nitrogens is 2. The van der Waals surface area contributed by atoms with E-state index < -0.39 is 10.0 Å². The SMILES string of the molecule is COc1ncc(NS(=O)(=O)c2ccc(C)c(Cl)c2)c(N(C)C)n1. The van der Waals surface area contributed by atoms with E-state index >= 15 is 0 Å². The number of nitrogens with zero attached hydrogens (tertiary/aromatic N) is 3. The van der Waals surface area contributed by atoms with Gasteiger partial charge in [0.1, 0.15) is 5.69 Å². The lowest BCUT2D eigenvalue weighted by atomic mass is 10.2. The van der Waals surface area contributed by atoms with Crippen molar-refractivity contribution in [3.63, 3.8) is 0 Å². The fraction of sp³-hybridized carbons (Fsp3) is 0.286. The third kappa shape index (κ3) is 3.83. The van der Waals surface area contributed by atoms with Gasteiger partial charge in [-0.15, -0.1) is 0 Å². The van der Waals surface area contributed by atoms with Gasteiger partial charge in [-0.3, -0.25) is 4.72 Å². The minimum atomic E-state index is -3.81. The van der Waals surface area contributed by atoms with Crippen LogP contribution < -0.4 is 14.4 Å². The summed E-state index contributed by atoms with van der Waals surface area (Å²) in [5.74, 6) is 0.388. The van der Waals surface area contributed by atoms with Crippen LogP contribution in [0.25, 0.3) is 0 Å². The number of halogens is 1. The summed E-state index contributed by atoms with van der Waals surface area (Å²) in [6.45, 7) is 1.80. The van der Waals surface area contributed by atoms with Crippen LogP contribution in [0, 0.1) is 6.92 Å². The van der Waals surface area contributed by atoms with Gasteiger partial charge in [0, 0.05) is 19.1 Å². The van der Waals surface area contributed by atoms with E-state index in [-0.39, 0.29) is 16.6 Å². The molecule has 0 spiro atoms. The molecule has 2 rings (SSSR count). The monoisotopic (exact) mass is 356 g/mol. The molecule has 0 unspecified atom stereocenters. The first kappa shape index (κ1) is 17.3. The minimum Gasteiger partial charge on any atom is -0.467 e. The zero-order chi connectivity index (χ0) is 17.2. The van der Waals surface area contributed by atoms with Gasteiger partial charge in [0.05, 0.1) is 18.2 Å². The maximum Gasteiger partial charge on any atom is 0.318 e. The van der Waals surface area contributed by atoms with Gasteiger partial charge in [0.15, 0.2) is 5.82 Å². The Hall–Kier alpha value is -2.06. The highest BCUT2D eigenvalue weighted by Gasteiger charge is 2.19. The lowest BCUT2D eigenvalue weighted by molar-refractivity contribution is 0.380. The van der Waals surface area contributed by atoms with E-state index in [1.54, 1.807) is 32.0 Å². The summed E-state index contributed by atoms with van der Waals surface area (Å²) in [7, 11) is 1.10. The topological polar surface area (TPSA) is 84.4 Å². The molecular weight excluding hydrogens is 340 g/mol. The van der Waals surface area contributed by atoms with Crippen LogP contribution >= 0.6 is 11.6 Å². The van der Waals surface area contributed by atoms with Crippen molar-refractivity contribution in [2.75, 3.05) is 30.8 Å². The first-order valence-electron chi connectivity index (χ1n) is 6.62. The van der Waals surface area contributed by atoms with Gasteiger partial charge < -0.3 is 9.64 Å².